The Bertz CT molecular complexity index is 463. The van der Waals surface area contributed by atoms with Crippen molar-refractivity contribution in [3.8, 4) is 5.75 Å². The molecule has 1 aliphatic rings. The summed E-state index contributed by atoms with van der Waals surface area (Å²) >= 11 is 0. The van der Waals surface area contributed by atoms with Crippen LogP contribution in [-0.2, 0) is 0 Å². The summed E-state index contributed by atoms with van der Waals surface area (Å²) in [6, 6.07) is 5.74. The fourth-order valence-electron chi connectivity index (χ4n) is 2.85. The summed E-state index contributed by atoms with van der Waals surface area (Å²) in [5.41, 5.74) is 6.94. The van der Waals surface area contributed by atoms with Crippen molar-refractivity contribution in [2.45, 2.75) is 45.2 Å². The molecule has 0 bridgehead atoms. The number of anilines is 1. The van der Waals surface area contributed by atoms with Crippen molar-refractivity contribution in [2.75, 3.05) is 12.8 Å². The van der Waals surface area contributed by atoms with Gasteiger partial charge in [-0.1, -0.05) is 0 Å². The lowest BCUT2D eigenvalue weighted by Crippen LogP contribution is -2.47. The molecule has 1 heterocycles. The SMILES string of the molecule is COc1ccc(N)cc1C(=O)N1[C@@H](C)CCC[C@@H]1C. The number of amides is 1. The summed E-state index contributed by atoms with van der Waals surface area (Å²) in [5, 5.41) is 0. The van der Waals surface area contributed by atoms with E-state index in [0.29, 0.717) is 17.0 Å². The number of nitrogens with zero attached hydrogens (tertiary/aromatic N) is 1. The molecule has 0 aliphatic carbocycles. The van der Waals surface area contributed by atoms with E-state index in [0.717, 1.165) is 12.8 Å². The Morgan fingerprint density at radius 2 is 1.95 bits per heavy atom. The van der Waals surface area contributed by atoms with E-state index in [4.69, 9.17) is 10.5 Å². The summed E-state index contributed by atoms with van der Waals surface area (Å²) in [6.45, 7) is 4.21. The molecule has 2 rings (SSSR count). The van der Waals surface area contributed by atoms with Crippen LogP contribution in [0.25, 0.3) is 0 Å². The largest absolute Gasteiger partial charge is 0.496 e. The highest BCUT2D eigenvalue weighted by Gasteiger charge is 2.31. The zero-order chi connectivity index (χ0) is 14.0. The monoisotopic (exact) mass is 262 g/mol. The van der Waals surface area contributed by atoms with Crippen LogP contribution in [0.1, 0.15) is 43.5 Å². The van der Waals surface area contributed by atoms with Crippen LogP contribution in [0.4, 0.5) is 5.69 Å². The van der Waals surface area contributed by atoms with Gasteiger partial charge in [-0.05, 0) is 51.3 Å². The molecule has 2 atom stereocenters. The molecular weight excluding hydrogens is 240 g/mol. The molecule has 4 nitrogen and oxygen atoms in total. The van der Waals surface area contributed by atoms with Crippen LogP contribution < -0.4 is 10.5 Å². The maximum Gasteiger partial charge on any atom is 0.258 e. The Hall–Kier alpha value is -1.71. The third kappa shape index (κ3) is 2.67. The van der Waals surface area contributed by atoms with Crippen molar-refractivity contribution in [3.63, 3.8) is 0 Å². The molecule has 0 unspecified atom stereocenters. The molecule has 1 aliphatic heterocycles. The van der Waals surface area contributed by atoms with Crippen molar-refractivity contribution in [2.24, 2.45) is 0 Å². The van der Waals surface area contributed by atoms with Crippen LogP contribution in [0.15, 0.2) is 18.2 Å². The van der Waals surface area contributed by atoms with Crippen LogP contribution in [0.3, 0.4) is 0 Å². The van der Waals surface area contributed by atoms with E-state index in [9.17, 15) is 4.79 Å². The molecule has 0 saturated carbocycles. The van der Waals surface area contributed by atoms with Crippen molar-refractivity contribution < 1.29 is 9.53 Å². The molecular formula is C15H22N2O2. The number of piperidine rings is 1. The predicted molar refractivity (Wildman–Crippen MR) is 76.4 cm³/mol. The highest BCUT2D eigenvalue weighted by Crippen LogP contribution is 2.28. The molecule has 1 saturated heterocycles. The lowest BCUT2D eigenvalue weighted by atomic mass is 9.96. The molecule has 1 amide bonds. The van der Waals surface area contributed by atoms with E-state index >= 15 is 0 Å². The smallest absolute Gasteiger partial charge is 0.258 e. The standard InChI is InChI=1S/C15H22N2O2/c1-10-5-4-6-11(2)17(10)15(18)13-9-12(16)7-8-14(13)19-3/h7-11H,4-6,16H2,1-3H3/t10-,11-/m0/s1. The quantitative estimate of drug-likeness (QED) is 0.834. The summed E-state index contributed by atoms with van der Waals surface area (Å²) < 4.78 is 5.28. The Morgan fingerprint density at radius 1 is 1.32 bits per heavy atom. The van der Waals surface area contributed by atoms with Gasteiger partial charge in [0.25, 0.3) is 5.91 Å². The minimum absolute atomic E-state index is 0.0175. The normalized spacial score (nSPS) is 23.2. The average molecular weight is 262 g/mol. The number of nitrogens with two attached hydrogens (primary N) is 1. The first-order valence-electron chi connectivity index (χ1n) is 6.80. The van der Waals surface area contributed by atoms with Crippen molar-refractivity contribution in [1.29, 1.82) is 0 Å². The molecule has 0 radical (unpaired) electrons. The molecule has 2 N–H and O–H groups in total. The molecule has 0 spiro atoms. The van der Waals surface area contributed by atoms with Gasteiger partial charge in [-0.15, -0.1) is 0 Å². The van der Waals surface area contributed by atoms with E-state index in [1.807, 2.05) is 4.90 Å². The lowest BCUT2D eigenvalue weighted by molar-refractivity contribution is 0.0507. The summed E-state index contributed by atoms with van der Waals surface area (Å²) in [5.74, 6) is 0.605. The molecule has 1 fully saturated rings. The number of hydrogen-bond acceptors (Lipinski definition) is 3. The third-order valence-corrected chi connectivity index (χ3v) is 3.88. The second-order valence-corrected chi connectivity index (χ2v) is 5.30. The van der Waals surface area contributed by atoms with Gasteiger partial charge in [0, 0.05) is 17.8 Å². The maximum atomic E-state index is 12.7. The van der Waals surface area contributed by atoms with Gasteiger partial charge in [0.2, 0.25) is 0 Å². The summed E-state index contributed by atoms with van der Waals surface area (Å²) in [7, 11) is 1.57. The van der Waals surface area contributed by atoms with Gasteiger partial charge in [0.1, 0.15) is 5.75 Å². The highest BCUT2D eigenvalue weighted by molar-refractivity contribution is 5.98. The fraction of sp³-hybridized carbons (Fsp3) is 0.533. The Balaban J connectivity index is 2.35. The topological polar surface area (TPSA) is 55.6 Å². The second kappa shape index (κ2) is 5.51. The first-order chi connectivity index (χ1) is 9.04. The molecule has 1 aromatic carbocycles. The first kappa shape index (κ1) is 13.7. The van der Waals surface area contributed by atoms with E-state index in [1.165, 1.54) is 6.42 Å². The Morgan fingerprint density at radius 3 is 2.53 bits per heavy atom. The van der Waals surface area contributed by atoms with Gasteiger partial charge in [0.05, 0.1) is 12.7 Å². The summed E-state index contributed by atoms with van der Waals surface area (Å²) in [6.07, 6.45) is 3.29. The lowest BCUT2D eigenvalue weighted by Gasteiger charge is -2.39. The Kier molecular flexibility index (Phi) is 3.98. The zero-order valence-electron chi connectivity index (χ0n) is 11.8. The van der Waals surface area contributed by atoms with Gasteiger partial charge in [-0.2, -0.15) is 0 Å². The van der Waals surface area contributed by atoms with Crippen molar-refractivity contribution in [1.82, 2.24) is 4.90 Å². The fourth-order valence-corrected chi connectivity index (χ4v) is 2.85. The number of likely N-dealkylation sites (tertiary alicyclic amines) is 1. The van der Waals surface area contributed by atoms with Crippen LogP contribution in [0, 0.1) is 0 Å². The molecule has 1 aromatic rings. The number of carbonyl (C=O) groups is 1. The average Bonchev–Trinajstić information content (AvgIpc) is 2.38. The molecule has 4 heteroatoms. The van der Waals surface area contributed by atoms with Gasteiger partial charge < -0.3 is 15.4 Å². The molecule has 19 heavy (non-hydrogen) atoms. The van der Waals surface area contributed by atoms with E-state index in [2.05, 4.69) is 13.8 Å². The van der Waals surface area contributed by atoms with Crippen LogP contribution in [0.2, 0.25) is 0 Å². The van der Waals surface area contributed by atoms with Crippen molar-refractivity contribution in [3.05, 3.63) is 23.8 Å². The number of hydrogen-bond donors (Lipinski definition) is 1. The van der Waals surface area contributed by atoms with E-state index in [-0.39, 0.29) is 18.0 Å². The number of nitrogen functional groups attached to an aromatic ring is 1. The number of carbonyl (C=O) groups excluding carboxylic acids is 1. The minimum atomic E-state index is 0.0175. The van der Waals surface area contributed by atoms with Gasteiger partial charge in [-0.3, -0.25) is 4.79 Å². The number of methoxy groups -OCH3 is 1. The van der Waals surface area contributed by atoms with Crippen LogP contribution in [-0.4, -0.2) is 30.0 Å². The number of rotatable bonds is 2. The first-order valence-corrected chi connectivity index (χ1v) is 6.80. The zero-order valence-corrected chi connectivity index (χ0v) is 11.8. The predicted octanol–water partition coefficient (Wildman–Crippen LogP) is 2.68. The molecule has 104 valence electrons. The minimum Gasteiger partial charge on any atom is -0.496 e. The van der Waals surface area contributed by atoms with Gasteiger partial charge in [-0.25, -0.2) is 0 Å². The van der Waals surface area contributed by atoms with E-state index < -0.39 is 0 Å². The maximum absolute atomic E-state index is 12.7. The Labute approximate surface area is 114 Å². The van der Waals surface area contributed by atoms with Gasteiger partial charge >= 0.3 is 0 Å². The van der Waals surface area contributed by atoms with E-state index in [1.54, 1.807) is 25.3 Å². The number of benzene rings is 1. The molecule has 0 aromatic heterocycles. The second-order valence-electron chi connectivity index (χ2n) is 5.30. The number of ether oxygens (including phenoxy) is 1. The van der Waals surface area contributed by atoms with Crippen LogP contribution in [0.5, 0.6) is 5.75 Å². The van der Waals surface area contributed by atoms with Gasteiger partial charge in [0.15, 0.2) is 0 Å². The third-order valence-electron chi connectivity index (χ3n) is 3.88. The summed E-state index contributed by atoms with van der Waals surface area (Å²) in [4.78, 5) is 14.7. The van der Waals surface area contributed by atoms with Crippen molar-refractivity contribution >= 4 is 11.6 Å². The van der Waals surface area contributed by atoms with Crippen LogP contribution >= 0.6 is 0 Å². The highest BCUT2D eigenvalue weighted by atomic mass is 16.5.